The van der Waals surface area contributed by atoms with E-state index in [0.29, 0.717) is 12.5 Å². The second kappa shape index (κ2) is 6.03. The predicted octanol–water partition coefficient (Wildman–Crippen LogP) is 1.73. The van der Waals surface area contributed by atoms with E-state index in [9.17, 15) is 0 Å². The number of ether oxygens (including phenoxy) is 1. The zero-order valence-corrected chi connectivity index (χ0v) is 10.5. The number of hydrogen-bond donors (Lipinski definition) is 1. The largest absolute Gasteiger partial charge is 0.492 e. The fourth-order valence-electron chi connectivity index (χ4n) is 2.30. The Hall–Kier alpha value is -1.06. The first-order valence-electron chi connectivity index (χ1n) is 6.37. The number of piperidine rings is 1. The van der Waals surface area contributed by atoms with Gasteiger partial charge in [-0.05, 0) is 51.0 Å². The number of rotatable bonds is 4. The molecule has 0 saturated carbocycles. The minimum absolute atomic E-state index is 0.156. The fraction of sp³-hybridized carbons (Fsp3) is 0.571. The molecule has 1 fully saturated rings. The van der Waals surface area contributed by atoms with Crippen LogP contribution in [0.25, 0.3) is 0 Å². The highest BCUT2D eigenvalue weighted by Crippen LogP contribution is 2.19. The van der Waals surface area contributed by atoms with Crippen LogP contribution in [0.1, 0.15) is 12.8 Å². The smallest absolute Gasteiger partial charge is 0.119 e. The summed E-state index contributed by atoms with van der Waals surface area (Å²) in [4.78, 5) is 2.36. The normalized spacial score (nSPS) is 20.1. The maximum Gasteiger partial charge on any atom is 0.119 e. The Morgan fingerprint density at radius 2 is 1.94 bits per heavy atom. The molecule has 1 atom stereocenters. The van der Waals surface area contributed by atoms with Gasteiger partial charge in [0.05, 0.1) is 0 Å². The van der Waals surface area contributed by atoms with Gasteiger partial charge in [0.15, 0.2) is 0 Å². The third-order valence-electron chi connectivity index (χ3n) is 3.55. The van der Waals surface area contributed by atoms with Crippen molar-refractivity contribution in [3.63, 3.8) is 0 Å². The van der Waals surface area contributed by atoms with Crippen molar-refractivity contribution < 1.29 is 4.74 Å². The molecule has 1 aliphatic heterocycles. The first-order chi connectivity index (χ1) is 8.25. The molecule has 1 heterocycles. The van der Waals surface area contributed by atoms with Crippen LogP contribution in [0, 0.1) is 5.92 Å². The van der Waals surface area contributed by atoms with Gasteiger partial charge in [0.25, 0.3) is 0 Å². The second-order valence-electron chi connectivity index (χ2n) is 4.93. The Balaban J connectivity index is 1.75. The van der Waals surface area contributed by atoms with Crippen molar-refractivity contribution >= 4 is 0 Å². The molecule has 2 N–H and O–H groups in total. The average molecular weight is 234 g/mol. The van der Waals surface area contributed by atoms with E-state index in [-0.39, 0.29) is 6.04 Å². The van der Waals surface area contributed by atoms with Crippen LogP contribution >= 0.6 is 0 Å². The van der Waals surface area contributed by atoms with Crippen LogP contribution in [-0.4, -0.2) is 37.7 Å². The van der Waals surface area contributed by atoms with Gasteiger partial charge in [-0.25, -0.2) is 0 Å². The lowest BCUT2D eigenvalue weighted by molar-refractivity contribution is 0.166. The molecular weight excluding hydrogens is 212 g/mol. The highest BCUT2D eigenvalue weighted by molar-refractivity contribution is 5.20. The lowest BCUT2D eigenvalue weighted by Gasteiger charge is -2.32. The van der Waals surface area contributed by atoms with Crippen molar-refractivity contribution in [1.29, 1.82) is 0 Å². The van der Waals surface area contributed by atoms with Crippen LogP contribution in [0.15, 0.2) is 30.3 Å². The minimum Gasteiger partial charge on any atom is -0.492 e. The van der Waals surface area contributed by atoms with E-state index in [1.807, 2.05) is 30.3 Å². The maximum atomic E-state index is 6.20. The van der Waals surface area contributed by atoms with Gasteiger partial charge in [0.2, 0.25) is 0 Å². The molecule has 0 bridgehead atoms. The first kappa shape index (κ1) is 12.4. The van der Waals surface area contributed by atoms with Crippen LogP contribution in [0.4, 0.5) is 0 Å². The third-order valence-corrected chi connectivity index (χ3v) is 3.55. The zero-order chi connectivity index (χ0) is 12.1. The van der Waals surface area contributed by atoms with Gasteiger partial charge in [-0.2, -0.15) is 0 Å². The topological polar surface area (TPSA) is 38.5 Å². The van der Waals surface area contributed by atoms with E-state index in [1.54, 1.807) is 0 Å². The molecule has 94 valence electrons. The van der Waals surface area contributed by atoms with Crippen LogP contribution in [0.3, 0.4) is 0 Å². The Morgan fingerprint density at radius 1 is 1.29 bits per heavy atom. The Labute approximate surface area is 104 Å². The molecule has 0 radical (unpaired) electrons. The molecule has 1 aromatic carbocycles. The SMILES string of the molecule is CN1CCC(C(N)COc2ccccc2)CC1. The molecule has 17 heavy (non-hydrogen) atoms. The molecule has 0 amide bonds. The molecule has 1 aromatic rings. The molecule has 0 aliphatic carbocycles. The van der Waals surface area contributed by atoms with Crippen molar-refractivity contribution in [1.82, 2.24) is 4.90 Å². The molecule has 3 nitrogen and oxygen atoms in total. The lowest BCUT2D eigenvalue weighted by atomic mass is 9.90. The second-order valence-corrected chi connectivity index (χ2v) is 4.93. The molecule has 1 unspecified atom stereocenters. The van der Waals surface area contributed by atoms with E-state index < -0.39 is 0 Å². The summed E-state index contributed by atoms with van der Waals surface area (Å²) in [6.45, 7) is 2.94. The highest BCUT2D eigenvalue weighted by atomic mass is 16.5. The molecule has 0 spiro atoms. The van der Waals surface area contributed by atoms with Crippen molar-refractivity contribution in [3.05, 3.63) is 30.3 Å². The molecular formula is C14H22N2O. The van der Waals surface area contributed by atoms with Crippen molar-refractivity contribution in [2.45, 2.75) is 18.9 Å². The van der Waals surface area contributed by atoms with Crippen LogP contribution < -0.4 is 10.5 Å². The summed E-state index contributed by atoms with van der Waals surface area (Å²) in [5, 5.41) is 0. The van der Waals surface area contributed by atoms with Crippen LogP contribution in [0.2, 0.25) is 0 Å². The summed E-state index contributed by atoms with van der Waals surface area (Å²) < 4.78 is 5.71. The minimum atomic E-state index is 0.156. The number of para-hydroxylation sites is 1. The standard InChI is InChI=1S/C14H22N2O/c1-16-9-7-12(8-10-16)14(15)11-17-13-5-3-2-4-6-13/h2-6,12,14H,7-11,15H2,1H3. The van der Waals surface area contributed by atoms with E-state index >= 15 is 0 Å². The van der Waals surface area contributed by atoms with Crippen molar-refractivity contribution in [2.75, 3.05) is 26.7 Å². The van der Waals surface area contributed by atoms with Crippen molar-refractivity contribution in [2.24, 2.45) is 11.7 Å². The summed E-state index contributed by atoms with van der Waals surface area (Å²) in [6, 6.07) is 10.1. The summed E-state index contributed by atoms with van der Waals surface area (Å²) in [5.41, 5.74) is 6.20. The Kier molecular flexibility index (Phi) is 4.40. The van der Waals surface area contributed by atoms with Crippen LogP contribution in [0.5, 0.6) is 5.75 Å². The predicted molar refractivity (Wildman–Crippen MR) is 70.1 cm³/mol. The van der Waals surface area contributed by atoms with Gasteiger partial charge in [0, 0.05) is 6.04 Å². The van der Waals surface area contributed by atoms with E-state index in [0.717, 1.165) is 18.8 Å². The number of nitrogens with two attached hydrogens (primary N) is 1. The lowest BCUT2D eigenvalue weighted by Crippen LogP contribution is -2.42. The van der Waals surface area contributed by atoms with Gasteiger partial charge in [0.1, 0.15) is 12.4 Å². The molecule has 1 aliphatic rings. The van der Waals surface area contributed by atoms with Gasteiger partial charge >= 0.3 is 0 Å². The summed E-state index contributed by atoms with van der Waals surface area (Å²) in [7, 11) is 2.17. The fourth-order valence-corrected chi connectivity index (χ4v) is 2.30. The van der Waals surface area contributed by atoms with Gasteiger partial charge in [-0.3, -0.25) is 0 Å². The zero-order valence-electron chi connectivity index (χ0n) is 10.5. The summed E-state index contributed by atoms with van der Waals surface area (Å²) in [5.74, 6) is 1.52. The molecule has 1 saturated heterocycles. The monoisotopic (exact) mass is 234 g/mol. The summed E-state index contributed by atoms with van der Waals surface area (Å²) in [6.07, 6.45) is 2.38. The van der Waals surface area contributed by atoms with E-state index in [1.165, 1.54) is 12.8 Å². The molecule has 3 heteroatoms. The van der Waals surface area contributed by atoms with Crippen LogP contribution in [-0.2, 0) is 0 Å². The van der Waals surface area contributed by atoms with Gasteiger partial charge in [-0.15, -0.1) is 0 Å². The van der Waals surface area contributed by atoms with Gasteiger partial charge in [-0.1, -0.05) is 18.2 Å². The average Bonchev–Trinajstić information content (AvgIpc) is 2.38. The number of nitrogens with zero attached hydrogens (tertiary/aromatic N) is 1. The number of likely N-dealkylation sites (tertiary alicyclic amines) is 1. The number of hydrogen-bond acceptors (Lipinski definition) is 3. The number of benzene rings is 1. The third kappa shape index (κ3) is 3.72. The maximum absolute atomic E-state index is 6.20. The van der Waals surface area contributed by atoms with E-state index in [2.05, 4.69) is 11.9 Å². The molecule has 0 aromatic heterocycles. The Morgan fingerprint density at radius 3 is 2.59 bits per heavy atom. The first-order valence-corrected chi connectivity index (χ1v) is 6.37. The van der Waals surface area contributed by atoms with Gasteiger partial charge < -0.3 is 15.4 Å². The van der Waals surface area contributed by atoms with Crippen molar-refractivity contribution in [3.8, 4) is 5.75 Å². The highest BCUT2D eigenvalue weighted by Gasteiger charge is 2.22. The van der Waals surface area contributed by atoms with E-state index in [4.69, 9.17) is 10.5 Å². The molecule has 2 rings (SSSR count). The summed E-state index contributed by atoms with van der Waals surface area (Å²) >= 11 is 0. The Bertz CT molecular complexity index is 320. The quantitative estimate of drug-likeness (QED) is 0.862.